The zero-order chi connectivity index (χ0) is 48.0. The lowest BCUT2D eigenvalue weighted by Crippen LogP contribution is -2.63. The average molecular weight is 995 g/mol. The predicted molar refractivity (Wildman–Crippen MR) is 253 cm³/mol. The number of nitrogens with one attached hydrogen (secondary N) is 1. The number of β-lactam (4-membered cyclic amide) rings is 1. The number of amides is 1. The summed E-state index contributed by atoms with van der Waals surface area (Å²) in [5.41, 5.74) is -1.58. The van der Waals surface area contributed by atoms with Gasteiger partial charge in [-0.05, 0) is 55.4 Å². The Balaban J connectivity index is 1.14. The first-order valence-electron chi connectivity index (χ1n) is 22.4. The molecule has 66 heavy (non-hydrogen) atoms. The molecule has 0 aromatic rings. The molecule has 0 saturated carbocycles. The highest BCUT2D eigenvalue weighted by atomic mass is 32.2. The number of amidine groups is 2. The van der Waals surface area contributed by atoms with Gasteiger partial charge in [-0.1, -0.05) is 37.4 Å². The SMILES string of the molecule is C[C@H]1C(SC2CN(C3=NCCS3)C2)=C(C(=O)O[C@H](C)[C@@H](C(=O)OCOC(=O)C(C)(C)C)[C@@H]2NC(C(=O)OCOC(=O)C(C)(C)C)=C(SC3CN(C4=NCCS4)C3)[C@@H]2C)N2C(=O)[C@H]([C@@H](C)O)C12. The zero-order valence-corrected chi connectivity index (χ0v) is 42.4. The summed E-state index contributed by atoms with van der Waals surface area (Å²) in [5, 5.41) is 16.0. The van der Waals surface area contributed by atoms with E-state index in [0.717, 1.165) is 34.9 Å². The largest absolute Gasteiger partial charge is 0.457 e. The van der Waals surface area contributed by atoms with Crippen LogP contribution in [0, 0.1) is 34.5 Å². The number of hydrogen-bond acceptors (Lipinski definition) is 21. The van der Waals surface area contributed by atoms with Crippen LogP contribution in [0.5, 0.6) is 0 Å². The third kappa shape index (κ3) is 10.5. The Labute approximate surface area is 402 Å². The fourth-order valence-corrected chi connectivity index (χ4v) is 13.4. The van der Waals surface area contributed by atoms with Crippen LogP contribution in [0.2, 0.25) is 0 Å². The van der Waals surface area contributed by atoms with Crippen LogP contribution in [0.3, 0.4) is 0 Å². The summed E-state index contributed by atoms with van der Waals surface area (Å²) in [7, 11) is 0. The predicted octanol–water partition coefficient (Wildman–Crippen LogP) is 3.64. The van der Waals surface area contributed by atoms with Crippen LogP contribution in [-0.4, -0.2) is 165 Å². The number of ether oxygens (including phenoxy) is 5. The van der Waals surface area contributed by atoms with Crippen molar-refractivity contribution in [2.75, 3.05) is 64.4 Å². The van der Waals surface area contributed by atoms with Crippen molar-refractivity contribution in [3.63, 3.8) is 0 Å². The Morgan fingerprint density at radius 1 is 0.773 bits per heavy atom. The molecule has 7 heterocycles. The Bertz CT molecular complexity index is 2090. The van der Waals surface area contributed by atoms with Crippen LogP contribution in [0.15, 0.2) is 31.2 Å². The molecule has 0 aliphatic carbocycles. The number of thioether (sulfide) groups is 4. The van der Waals surface area contributed by atoms with Crippen LogP contribution < -0.4 is 5.32 Å². The number of aliphatic hydroxyl groups excluding tert-OH is 1. The summed E-state index contributed by atoms with van der Waals surface area (Å²) in [6.45, 7) is 19.9. The Morgan fingerprint density at radius 2 is 1.29 bits per heavy atom. The molecule has 364 valence electrons. The molecule has 1 unspecified atom stereocenters. The highest BCUT2D eigenvalue weighted by Gasteiger charge is 2.61. The second-order valence-corrected chi connectivity index (χ2v) is 24.4. The molecule has 7 aliphatic rings. The number of hydrogen-bond donors (Lipinski definition) is 2. The van der Waals surface area contributed by atoms with Crippen LogP contribution in [0.1, 0.15) is 69.2 Å². The molecule has 18 nitrogen and oxygen atoms in total. The highest BCUT2D eigenvalue weighted by molar-refractivity contribution is 8.14. The number of aliphatic imine (C=N–C) groups is 2. The lowest BCUT2D eigenvalue weighted by atomic mass is 9.79. The van der Waals surface area contributed by atoms with Crippen molar-refractivity contribution in [1.82, 2.24) is 20.0 Å². The van der Waals surface area contributed by atoms with Crippen LogP contribution in [0.4, 0.5) is 0 Å². The topological polar surface area (TPSA) is 215 Å². The third-order valence-electron chi connectivity index (χ3n) is 12.4. The van der Waals surface area contributed by atoms with Gasteiger partial charge in [0.25, 0.3) is 0 Å². The van der Waals surface area contributed by atoms with Crippen molar-refractivity contribution < 1.29 is 57.6 Å². The molecule has 0 aromatic heterocycles. The number of carbonyl (C=O) groups is 6. The molecular weight excluding hydrogens is 933 g/mol. The Hall–Kier alpha value is -3.60. The lowest BCUT2D eigenvalue weighted by molar-refractivity contribution is -0.181. The van der Waals surface area contributed by atoms with E-state index < -0.39 is 96.3 Å². The van der Waals surface area contributed by atoms with Gasteiger partial charge in [0.2, 0.25) is 19.5 Å². The van der Waals surface area contributed by atoms with E-state index in [2.05, 4.69) is 25.1 Å². The molecule has 0 aromatic carbocycles. The number of likely N-dealkylation sites (tertiary alicyclic amines) is 2. The molecule has 2 N–H and O–H groups in total. The number of nitrogens with zero attached hydrogens (tertiary/aromatic N) is 5. The van der Waals surface area contributed by atoms with Gasteiger partial charge in [0.1, 0.15) is 23.4 Å². The van der Waals surface area contributed by atoms with Crippen LogP contribution in [0.25, 0.3) is 0 Å². The van der Waals surface area contributed by atoms with Gasteiger partial charge in [0.05, 0.1) is 48.0 Å². The summed E-state index contributed by atoms with van der Waals surface area (Å²) >= 11 is 6.41. The fourth-order valence-electron chi connectivity index (χ4n) is 8.68. The molecule has 8 atom stereocenters. The minimum absolute atomic E-state index is 0.0539. The van der Waals surface area contributed by atoms with Gasteiger partial charge in [-0.15, -0.1) is 23.5 Å². The van der Waals surface area contributed by atoms with E-state index in [1.54, 1.807) is 78.9 Å². The third-order valence-corrected chi connectivity index (χ3v) is 17.4. The summed E-state index contributed by atoms with van der Waals surface area (Å²) in [4.78, 5) is 98.1. The molecule has 1 amide bonds. The van der Waals surface area contributed by atoms with E-state index in [1.807, 2.05) is 13.8 Å². The quantitative estimate of drug-likeness (QED) is 0.104. The van der Waals surface area contributed by atoms with Crippen molar-refractivity contribution in [2.45, 2.75) is 104 Å². The van der Waals surface area contributed by atoms with Gasteiger partial charge >= 0.3 is 29.8 Å². The summed E-state index contributed by atoms with van der Waals surface area (Å²) in [6, 6.07) is -1.38. The maximum Gasteiger partial charge on any atom is 0.358 e. The van der Waals surface area contributed by atoms with Gasteiger partial charge < -0.3 is 48.8 Å². The molecule has 7 aliphatic heterocycles. The fraction of sp³-hybridized carbons (Fsp3) is 0.727. The summed E-state index contributed by atoms with van der Waals surface area (Å²) in [5.74, 6) is -5.05. The van der Waals surface area contributed by atoms with Crippen molar-refractivity contribution >= 4 is 93.1 Å². The van der Waals surface area contributed by atoms with E-state index >= 15 is 0 Å². The minimum atomic E-state index is -1.30. The number of fused-ring (bicyclic) bond motifs is 1. The van der Waals surface area contributed by atoms with Crippen molar-refractivity contribution in [3.8, 4) is 0 Å². The number of esters is 5. The maximum absolute atomic E-state index is 14.7. The minimum Gasteiger partial charge on any atom is -0.457 e. The molecular formula is C44H62N6O12S4. The molecule has 0 radical (unpaired) electrons. The Kier molecular flexibility index (Phi) is 15.4. The average Bonchev–Trinajstić information content (AvgIpc) is 4.02. The molecule has 0 bridgehead atoms. The summed E-state index contributed by atoms with van der Waals surface area (Å²) in [6.07, 6.45) is -2.17. The standard InChI is InChI=1S/C44H62N6O12S4/c1-21-29(47-30(37(54)59-20-61-40(57)44(8,9)10)33(21)65-25-15-48(16-25)41-45-11-13-63-41)28(36(53)58-19-60-39(56)43(5,6)7)24(4)62-38(55)32-34(22(2)31-27(23(3)51)35(52)50(31)32)66-26-17-49(18-26)42-46-12-14-64-42/h21-29,31,47,51H,11-20H2,1-10H3/t21-,22-,23-,24-,27-,28-,29-,31?/m1/s1. The van der Waals surface area contributed by atoms with Crippen LogP contribution in [-0.2, 0) is 52.5 Å². The lowest BCUT2D eigenvalue weighted by Gasteiger charge is -2.46. The zero-order valence-electron chi connectivity index (χ0n) is 39.2. The number of rotatable bonds is 15. The van der Waals surface area contributed by atoms with Gasteiger partial charge in [-0.25, -0.2) is 9.59 Å². The molecule has 3 fully saturated rings. The van der Waals surface area contributed by atoms with Gasteiger partial charge in [0.15, 0.2) is 10.3 Å². The van der Waals surface area contributed by atoms with Gasteiger partial charge in [0, 0.05) is 69.8 Å². The molecule has 22 heteroatoms. The summed E-state index contributed by atoms with van der Waals surface area (Å²) < 4.78 is 27.9. The van der Waals surface area contributed by atoms with Crippen molar-refractivity contribution in [2.24, 2.45) is 44.5 Å². The first kappa shape index (κ1) is 50.3. The van der Waals surface area contributed by atoms with E-state index in [4.69, 9.17) is 23.7 Å². The van der Waals surface area contributed by atoms with E-state index in [1.165, 1.54) is 28.4 Å². The van der Waals surface area contributed by atoms with Crippen molar-refractivity contribution in [1.29, 1.82) is 0 Å². The second kappa shape index (κ2) is 20.2. The number of aliphatic hydroxyl groups is 1. The molecule has 3 saturated heterocycles. The van der Waals surface area contributed by atoms with Gasteiger partial charge in [-0.3, -0.25) is 29.2 Å². The molecule has 0 spiro atoms. The molecule has 7 rings (SSSR count). The van der Waals surface area contributed by atoms with E-state index in [-0.39, 0.29) is 33.7 Å². The van der Waals surface area contributed by atoms with E-state index in [9.17, 15) is 33.9 Å². The monoisotopic (exact) mass is 994 g/mol. The maximum atomic E-state index is 14.7. The van der Waals surface area contributed by atoms with Crippen molar-refractivity contribution in [3.05, 3.63) is 21.2 Å². The number of carbonyl (C=O) groups excluding carboxylic acids is 6. The first-order valence-corrected chi connectivity index (χ1v) is 26.1. The smallest absolute Gasteiger partial charge is 0.358 e. The van der Waals surface area contributed by atoms with Crippen LogP contribution >= 0.6 is 47.0 Å². The normalized spacial score (nSPS) is 26.9. The highest BCUT2D eigenvalue weighted by Crippen LogP contribution is 2.53. The van der Waals surface area contributed by atoms with E-state index in [0.29, 0.717) is 36.0 Å². The first-order chi connectivity index (χ1) is 31.1. The van der Waals surface area contributed by atoms with Gasteiger partial charge in [-0.2, -0.15) is 0 Å². The Morgan fingerprint density at radius 3 is 1.77 bits per heavy atom. The second-order valence-electron chi connectivity index (χ2n) is 19.6.